The Balaban J connectivity index is 2.33. The van der Waals surface area contributed by atoms with Crippen molar-refractivity contribution in [1.82, 2.24) is 9.97 Å². The van der Waals surface area contributed by atoms with Gasteiger partial charge < -0.3 is 14.1 Å². The molecule has 1 N–H and O–H groups in total. The summed E-state index contributed by atoms with van der Waals surface area (Å²) in [6.45, 7) is 3.03. The minimum atomic E-state index is 0.436. The van der Waals surface area contributed by atoms with Gasteiger partial charge in [-0.25, -0.2) is 4.98 Å². The zero-order valence-corrected chi connectivity index (χ0v) is 9.71. The summed E-state index contributed by atoms with van der Waals surface area (Å²) in [5.74, 6) is 0.727. The van der Waals surface area contributed by atoms with Crippen molar-refractivity contribution in [1.29, 1.82) is 0 Å². The second-order valence-electron chi connectivity index (χ2n) is 3.23. The van der Waals surface area contributed by atoms with Crippen LogP contribution < -0.4 is 0 Å². The third-order valence-electron chi connectivity index (χ3n) is 2.07. The summed E-state index contributed by atoms with van der Waals surface area (Å²) in [7, 11) is 0. The maximum absolute atomic E-state index is 5.28. The Morgan fingerprint density at radius 3 is 3.12 bits per heavy atom. The van der Waals surface area contributed by atoms with Crippen LogP contribution in [0.25, 0.3) is 11.3 Å². The van der Waals surface area contributed by atoms with Crippen molar-refractivity contribution in [3.63, 3.8) is 0 Å². The molecule has 0 amide bonds. The van der Waals surface area contributed by atoms with Crippen molar-refractivity contribution < 1.29 is 9.15 Å². The van der Waals surface area contributed by atoms with E-state index in [0.29, 0.717) is 17.9 Å². The molecule has 84 valence electrons. The van der Waals surface area contributed by atoms with Gasteiger partial charge in [0.2, 0.25) is 0 Å². The molecule has 0 radical (unpaired) electrons. The monoisotopic (exact) mass is 236 g/mol. The van der Waals surface area contributed by atoms with Gasteiger partial charge in [0.1, 0.15) is 17.1 Å². The third kappa shape index (κ3) is 2.56. The van der Waals surface area contributed by atoms with Crippen LogP contribution in [0.2, 0.25) is 0 Å². The number of nitrogens with one attached hydrogen (secondary N) is 1. The summed E-state index contributed by atoms with van der Waals surface area (Å²) >= 11 is 5.09. The predicted molar refractivity (Wildman–Crippen MR) is 62.5 cm³/mol. The minimum absolute atomic E-state index is 0.436. The van der Waals surface area contributed by atoms with Crippen molar-refractivity contribution in [2.75, 3.05) is 6.61 Å². The van der Waals surface area contributed by atoms with Gasteiger partial charge in [-0.3, -0.25) is 0 Å². The molecule has 2 aromatic heterocycles. The lowest BCUT2D eigenvalue weighted by molar-refractivity contribution is 0.128. The number of rotatable bonds is 4. The van der Waals surface area contributed by atoms with Gasteiger partial charge >= 0.3 is 0 Å². The van der Waals surface area contributed by atoms with Crippen LogP contribution in [-0.2, 0) is 11.3 Å². The fourth-order valence-corrected chi connectivity index (χ4v) is 1.58. The lowest BCUT2D eigenvalue weighted by Crippen LogP contribution is -2.00. The Morgan fingerprint density at radius 2 is 2.44 bits per heavy atom. The summed E-state index contributed by atoms with van der Waals surface area (Å²) in [6.07, 6.45) is 3.28. The fourth-order valence-electron chi connectivity index (χ4n) is 1.35. The first kappa shape index (κ1) is 11.0. The Hall–Kier alpha value is -1.46. The van der Waals surface area contributed by atoms with Gasteiger partial charge in [-0.1, -0.05) is 12.2 Å². The van der Waals surface area contributed by atoms with Crippen molar-refractivity contribution in [3.8, 4) is 11.3 Å². The van der Waals surface area contributed by atoms with Gasteiger partial charge in [0.05, 0.1) is 18.2 Å². The number of hydrogen-bond donors (Lipinski definition) is 1. The minimum Gasteiger partial charge on any atom is -0.472 e. The number of aromatic amines is 1. The molecule has 0 fully saturated rings. The topological polar surface area (TPSA) is 51.1 Å². The maximum atomic E-state index is 5.28. The lowest BCUT2D eigenvalue weighted by Gasteiger charge is -2.04. The van der Waals surface area contributed by atoms with Gasteiger partial charge in [0, 0.05) is 12.2 Å². The molecule has 0 aliphatic carbocycles. The molecule has 0 aliphatic heterocycles. The van der Waals surface area contributed by atoms with Crippen molar-refractivity contribution in [2.24, 2.45) is 0 Å². The molecule has 0 saturated heterocycles. The number of H-pyrrole nitrogens is 1. The largest absolute Gasteiger partial charge is 0.472 e. The van der Waals surface area contributed by atoms with E-state index in [1.807, 2.05) is 13.0 Å². The molecule has 0 saturated carbocycles. The van der Waals surface area contributed by atoms with Gasteiger partial charge in [0.25, 0.3) is 0 Å². The Labute approximate surface area is 98.3 Å². The average Bonchev–Trinajstić information content (AvgIpc) is 2.79. The molecule has 5 heteroatoms. The van der Waals surface area contributed by atoms with Crippen LogP contribution in [-0.4, -0.2) is 16.6 Å². The number of aromatic nitrogens is 2. The van der Waals surface area contributed by atoms with E-state index < -0.39 is 0 Å². The highest BCUT2D eigenvalue weighted by molar-refractivity contribution is 7.71. The Bertz CT molecular complexity index is 505. The molecular formula is C11H12N2O2S. The van der Waals surface area contributed by atoms with E-state index in [-0.39, 0.29) is 0 Å². The summed E-state index contributed by atoms with van der Waals surface area (Å²) in [6, 6.07) is 3.67. The number of furan rings is 1. The molecule has 2 rings (SSSR count). The molecule has 2 heterocycles. The van der Waals surface area contributed by atoms with Crippen LogP contribution in [0.4, 0.5) is 0 Å². The molecular weight excluding hydrogens is 224 g/mol. The molecule has 0 aliphatic rings. The molecule has 16 heavy (non-hydrogen) atoms. The first-order valence-corrected chi connectivity index (χ1v) is 5.41. The number of hydrogen-bond acceptors (Lipinski definition) is 4. The van der Waals surface area contributed by atoms with Gasteiger partial charge in [0.15, 0.2) is 0 Å². The summed E-state index contributed by atoms with van der Waals surface area (Å²) < 4.78 is 10.9. The summed E-state index contributed by atoms with van der Waals surface area (Å²) in [4.78, 5) is 7.34. The molecule has 0 atom stereocenters. The molecule has 0 bridgehead atoms. The zero-order chi connectivity index (χ0) is 11.4. The van der Waals surface area contributed by atoms with Crippen LogP contribution in [0.1, 0.15) is 12.7 Å². The van der Waals surface area contributed by atoms with Gasteiger partial charge in [-0.2, -0.15) is 0 Å². The van der Waals surface area contributed by atoms with E-state index in [1.165, 1.54) is 0 Å². The van der Waals surface area contributed by atoms with Crippen LogP contribution in [0.5, 0.6) is 0 Å². The first-order chi connectivity index (χ1) is 7.79. The van der Waals surface area contributed by atoms with E-state index in [2.05, 4.69) is 9.97 Å². The molecule has 0 aromatic carbocycles. The lowest BCUT2D eigenvalue weighted by atomic mass is 10.2. The van der Waals surface area contributed by atoms with E-state index in [9.17, 15) is 0 Å². The van der Waals surface area contributed by atoms with E-state index in [0.717, 1.165) is 17.1 Å². The van der Waals surface area contributed by atoms with Crippen LogP contribution in [0.3, 0.4) is 0 Å². The van der Waals surface area contributed by atoms with Crippen LogP contribution >= 0.6 is 12.2 Å². The second kappa shape index (κ2) is 5.05. The quantitative estimate of drug-likeness (QED) is 0.829. The van der Waals surface area contributed by atoms with Crippen molar-refractivity contribution in [3.05, 3.63) is 35.1 Å². The van der Waals surface area contributed by atoms with Crippen LogP contribution in [0, 0.1) is 4.64 Å². The fraction of sp³-hybridized carbons (Fsp3) is 0.273. The van der Waals surface area contributed by atoms with Gasteiger partial charge in [-0.15, -0.1) is 0 Å². The van der Waals surface area contributed by atoms with Crippen molar-refractivity contribution >= 4 is 12.2 Å². The number of ether oxygens (including phenoxy) is 1. The van der Waals surface area contributed by atoms with Gasteiger partial charge in [-0.05, 0) is 19.1 Å². The first-order valence-electron chi connectivity index (χ1n) is 5.00. The zero-order valence-electron chi connectivity index (χ0n) is 8.90. The number of nitrogens with zero attached hydrogens (tertiary/aromatic N) is 1. The Morgan fingerprint density at radius 1 is 1.56 bits per heavy atom. The smallest absolute Gasteiger partial charge is 0.134 e. The molecule has 4 nitrogen and oxygen atoms in total. The summed E-state index contributed by atoms with van der Waals surface area (Å²) in [5, 5.41) is 0. The molecule has 0 unspecified atom stereocenters. The maximum Gasteiger partial charge on any atom is 0.134 e. The van der Waals surface area contributed by atoms with Crippen molar-refractivity contribution in [2.45, 2.75) is 13.5 Å². The standard InChI is InChI=1S/C11H12N2O2S/c1-2-14-7-10-12-9(5-11(16)13-10)8-3-4-15-6-8/h3-6H,2,7H2,1H3,(H,12,13,16). The third-order valence-corrected chi connectivity index (χ3v) is 2.28. The summed E-state index contributed by atoms with van der Waals surface area (Å²) in [5.41, 5.74) is 1.84. The SMILES string of the molecule is CCOCc1nc(=S)cc(-c2ccoc2)[nH]1. The van der Waals surface area contributed by atoms with E-state index in [4.69, 9.17) is 21.4 Å². The molecule has 2 aromatic rings. The highest BCUT2D eigenvalue weighted by atomic mass is 32.1. The predicted octanol–water partition coefficient (Wildman–Crippen LogP) is 2.94. The molecule has 0 spiro atoms. The normalized spacial score (nSPS) is 10.6. The van der Waals surface area contributed by atoms with Crippen LogP contribution in [0.15, 0.2) is 29.1 Å². The van der Waals surface area contributed by atoms with E-state index >= 15 is 0 Å². The average molecular weight is 236 g/mol. The Kier molecular flexibility index (Phi) is 3.48. The second-order valence-corrected chi connectivity index (χ2v) is 3.65. The van der Waals surface area contributed by atoms with E-state index in [1.54, 1.807) is 18.6 Å². The highest BCUT2D eigenvalue weighted by Crippen LogP contribution is 2.17. The highest BCUT2D eigenvalue weighted by Gasteiger charge is 2.02.